The molecule has 1 atom stereocenters. The summed E-state index contributed by atoms with van der Waals surface area (Å²) in [6.45, 7) is 0.898. The molecule has 0 aliphatic carbocycles. The van der Waals surface area contributed by atoms with Crippen LogP contribution in [0, 0.1) is 6.92 Å². The summed E-state index contributed by atoms with van der Waals surface area (Å²) < 4.78 is 65.9. The average Bonchev–Trinajstić information content (AvgIpc) is 2.32. The van der Waals surface area contributed by atoms with Crippen molar-refractivity contribution in [3.63, 3.8) is 0 Å². The van der Waals surface area contributed by atoms with Crippen molar-refractivity contribution in [2.24, 2.45) is 5.73 Å². The largest absolute Gasteiger partial charge is 0.416 e. The lowest BCUT2D eigenvalue weighted by molar-refractivity contribution is -0.137. The molecule has 0 saturated carbocycles. The second kappa shape index (κ2) is 6.99. The smallest absolute Gasteiger partial charge is 0.375 e. The van der Waals surface area contributed by atoms with Crippen LogP contribution in [0.4, 0.5) is 22.0 Å². The summed E-state index contributed by atoms with van der Waals surface area (Å²) in [5.41, 5.74) is 6.06. The molecule has 0 bridgehead atoms. The van der Waals surface area contributed by atoms with Gasteiger partial charge in [0.05, 0.1) is 5.56 Å². The number of ether oxygens (including phenoxy) is 1. The molecule has 0 radical (unpaired) electrons. The Kier molecular flexibility index (Phi) is 5.88. The van der Waals surface area contributed by atoms with Crippen molar-refractivity contribution in [3.05, 3.63) is 34.9 Å². The highest BCUT2D eigenvalue weighted by atomic mass is 19.4. The van der Waals surface area contributed by atoms with Crippen LogP contribution in [-0.2, 0) is 10.9 Å². The van der Waals surface area contributed by atoms with E-state index in [2.05, 4.69) is 0 Å². The van der Waals surface area contributed by atoms with Gasteiger partial charge in [-0.25, -0.2) is 8.78 Å². The van der Waals surface area contributed by atoms with E-state index in [1.54, 1.807) is 0 Å². The van der Waals surface area contributed by atoms with Crippen LogP contribution in [0.5, 0.6) is 0 Å². The van der Waals surface area contributed by atoms with Gasteiger partial charge < -0.3 is 10.5 Å². The molecule has 0 amide bonds. The molecular formula is C13H16F5NO. The van der Waals surface area contributed by atoms with E-state index in [0.29, 0.717) is 11.1 Å². The molecule has 2 nitrogen and oxygen atoms in total. The van der Waals surface area contributed by atoms with Crippen molar-refractivity contribution >= 4 is 0 Å². The zero-order valence-electron chi connectivity index (χ0n) is 10.9. The van der Waals surface area contributed by atoms with Crippen LogP contribution in [0.3, 0.4) is 0 Å². The fraction of sp³-hybridized carbons (Fsp3) is 0.538. The Labute approximate surface area is 113 Å². The summed E-state index contributed by atoms with van der Waals surface area (Å²) in [4.78, 5) is 0. The molecule has 0 heterocycles. The highest BCUT2D eigenvalue weighted by Gasteiger charge is 2.30. The Morgan fingerprint density at radius 3 is 2.40 bits per heavy atom. The third kappa shape index (κ3) is 5.05. The van der Waals surface area contributed by atoms with Gasteiger partial charge in [0.1, 0.15) is 6.61 Å². The molecular weight excluding hydrogens is 281 g/mol. The van der Waals surface area contributed by atoms with Gasteiger partial charge in [0, 0.05) is 12.6 Å². The zero-order valence-corrected chi connectivity index (χ0v) is 10.9. The van der Waals surface area contributed by atoms with Crippen LogP contribution in [0.15, 0.2) is 18.2 Å². The van der Waals surface area contributed by atoms with Crippen LogP contribution >= 0.6 is 0 Å². The number of rotatable bonds is 6. The molecule has 2 N–H and O–H groups in total. The van der Waals surface area contributed by atoms with E-state index in [1.807, 2.05) is 0 Å². The minimum absolute atomic E-state index is 0.0337. The van der Waals surface area contributed by atoms with Crippen molar-refractivity contribution in [2.75, 3.05) is 13.2 Å². The minimum Gasteiger partial charge on any atom is -0.375 e. The van der Waals surface area contributed by atoms with Gasteiger partial charge in [-0.3, -0.25) is 0 Å². The van der Waals surface area contributed by atoms with E-state index in [0.717, 1.165) is 12.1 Å². The first-order valence-corrected chi connectivity index (χ1v) is 6.01. The summed E-state index contributed by atoms with van der Waals surface area (Å²) in [5.74, 6) is 0. The number of hydrogen-bond donors (Lipinski definition) is 1. The van der Waals surface area contributed by atoms with Gasteiger partial charge in [0.2, 0.25) is 0 Å². The van der Waals surface area contributed by atoms with Gasteiger partial charge in [-0.15, -0.1) is 0 Å². The first-order chi connectivity index (χ1) is 9.21. The molecule has 0 aromatic heterocycles. The lowest BCUT2D eigenvalue weighted by Crippen LogP contribution is -2.16. The summed E-state index contributed by atoms with van der Waals surface area (Å²) >= 11 is 0. The van der Waals surface area contributed by atoms with Crippen molar-refractivity contribution in [1.29, 1.82) is 0 Å². The van der Waals surface area contributed by atoms with E-state index in [4.69, 9.17) is 10.5 Å². The van der Waals surface area contributed by atoms with E-state index in [-0.39, 0.29) is 13.0 Å². The van der Waals surface area contributed by atoms with Gasteiger partial charge in [-0.05, 0) is 36.6 Å². The maximum Gasteiger partial charge on any atom is 0.416 e. The van der Waals surface area contributed by atoms with Crippen molar-refractivity contribution < 1.29 is 26.7 Å². The maximum absolute atomic E-state index is 12.5. The van der Waals surface area contributed by atoms with E-state index >= 15 is 0 Å². The number of nitrogens with two attached hydrogens (primary N) is 1. The molecule has 1 aromatic carbocycles. The van der Waals surface area contributed by atoms with Gasteiger partial charge in [0.25, 0.3) is 6.43 Å². The molecule has 0 spiro atoms. The lowest BCUT2D eigenvalue weighted by atomic mass is 9.97. The van der Waals surface area contributed by atoms with Gasteiger partial charge in [0.15, 0.2) is 0 Å². The monoisotopic (exact) mass is 297 g/mol. The third-order valence-corrected chi connectivity index (χ3v) is 2.81. The van der Waals surface area contributed by atoms with E-state index in [1.165, 1.54) is 13.0 Å². The molecule has 1 unspecified atom stereocenters. The second-order valence-electron chi connectivity index (χ2n) is 4.43. The topological polar surface area (TPSA) is 35.2 Å². The van der Waals surface area contributed by atoms with Gasteiger partial charge in [-0.2, -0.15) is 13.2 Å². The highest BCUT2D eigenvalue weighted by molar-refractivity contribution is 5.34. The minimum atomic E-state index is -4.40. The molecule has 0 fully saturated rings. The molecule has 7 heteroatoms. The molecule has 0 saturated heterocycles. The predicted octanol–water partition coefficient (Wildman–Crippen LogP) is 3.69. The Bertz CT molecular complexity index is 433. The zero-order chi connectivity index (χ0) is 15.3. The SMILES string of the molecule is Cc1cc(C(F)(F)F)ccc1C(N)CCOCC(F)F. The van der Waals surface area contributed by atoms with Crippen molar-refractivity contribution in [2.45, 2.75) is 32.0 Å². The van der Waals surface area contributed by atoms with Crippen molar-refractivity contribution in [1.82, 2.24) is 0 Å². The predicted molar refractivity (Wildman–Crippen MR) is 64.5 cm³/mol. The number of alkyl halides is 5. The molecule has 0 aliphatic rings. The van der Waals surface area contributed by atoms with Crippen LogP contribution in [0.2, 0.25) is 0 Å². The fourth-order valence-corrected chi connectivity index (χ4v) is 1.81. The Morgan fingerprint density at radius 1 is 1.25 bits per heavy atom. The maximum atomic E-state index is 12.5. The lowest BCUT2D eigenvalue weighted by Gasteiger charge is -2.16. The third-order valence-electron chi connectivity index (χ3n) is 2.81. The number of benzene rings is 1. The summed E-state index contributed by atoms with van der Waals surface area (Å²) in [7, 11) is 0. The number of hydrogen-bond acceptors (Lipinski definition) is 2. The van der Waals surface area contributed by atoms with Gasteiger partial charge >= 0.3 is 6.18 Å². The molecule has 114 valence electrons. The molecule has 0 aliphatic heterocycles. The number of aryl methyl sites for hydroxylation is 1. The van der Waals surface area contributed by atoms with Crippen LogP contribution in [0.1, 0.15) is 29.2 Å². The average molecular weight is 297 g/mol. The quantitative estimate of drug-likeness (QED) is 0.642. The fourth-order valence-electron chi connectivity index (χ4n) is 1.81. The Hall–Kier alpha value is -1.21. The highest BCUT2D eigenvalue weighted by Crippen LogP contribution is 2.31. The Balaban J connectivity index is 2.63. The summed E-state index contributed by atoms with van der Waals surface area (Å²) in [5, 5.41) is 0. The normalized spacial score (nSPS) is 13.8. The first kappa shape index (κ1) is 16.8. The number of halogens is 5. The van der Waals surface area contributed by atoms with Crippen molar-refractivity contribution in [3.8, 4) is 0 Å². The summed E-state index contributed by atoms with van der Waals surface area (Å²) in [6, 6.07) is 2.75. The van der Waals surface area contributed by atoms with E-state index < -0.39 is 30.8 Å². The molecule has 1 rings (SSSR count). The molecule has 20 heavy (non-hydrogen) atoms. The molecule has 1 aromatic rings. The summed E-state index contributed by atoms with van der Waals surface area (Å²) in [6.07, 6.45) is -6.67. The van der Waals surface area contributed by atoms with Gasteiger partial charge in [-0.1, -0.05) is 6.07 Å². The van der Waals surface area contributed by atoms with Crippen LogP contribution in [0.25, 0.3) is 0 Å². The standard InChI is InChI=1S/C13H16F5NO/c1-8-6-9(13(16,17)18)2-3-10(8)11(19)4-5-20-7-12(14)15/h2-3,6,11-12H,4-5,7,19H2,1H3. The van der Waals surface area contributed by atoms with Crippen LogP contribution in [-0.4, -0.2) is 19.6 Å². The first-order valence-electron chi connectivity index (χ1n) is 6.01. The Morgan fingerprint density at radius 2 is 1.90 bits per heavy atom. The van der Waals surface area contributed by atoms with Crippen LogP contribution < -0.4 is 5.73 Å². The second-order valence-corrected chi connectivity index (χ2v) is 4.43. The van der Waals surface area contributed by atoms with E-state index in [9.17, 15) is 22.0 Å².